The van der Waals surface area contributed by atoms with Crippen molar-refractivity contribution < 1.29 is 28.3 Å². The zero-order chi connectivity index (χ0) is 23.3. The summed E-state index contributed by atoms with van der Waals surface area (Å²) in [7, 11) is -4.04. The molecule has 0 unspecified atom stereocenters. The van der Waals surface area contributed by atoms with Gasteiger partial charge in [-0.1, -0.05) is 0 Å². The molecule has 0 saturated carbocycles. The third-order valence-electron chi connectivity index (χ3n) is 5.33. The summed E-state index contributed by atoms with van der Waals surface area (Å²) in [4.78, 5) is 33.0. The molecular formula is C24H25N4O4P+2. The van der Waals surface area contributed by atoms with Crippen LogP contribution < -0.4 is 9.13 Å². The number of hydrogen-bond acceptors (Lipinski definition) is 3. The number of aldehydes is 1. The number of aromatic nitrogens is 4. The average molecular weight is 464 g/mol. The smallest absolute Gasteiger partial charge is 0.324 e. The number of pyridine rings is 3. The van der Waals surface area contributed by atoms with Gasteiger partial charge >= 0.3 is 7.60 Å². The molecule has 33 heavy (non-hydrogen) atoms. The van der Waals surface area contributed by atoms with Crippen LogP contribution in [0.15, 0.2) is 85.7 Å². The second-order valence-electron chi connectivity index (χ2n) is 7.64. The molecule has 0 fully saturated rings. The van der Waals surface area contributed by atoms with Crippen molar-refractivity contribution in [2.24, 2.45) is 0 Å². The van der Waals surface area contributed by atoms with Gasteiger partial charge in [0.25, 0.3) is 0 Å². The Labute approximate surface area is 191 Å². The summed E-state index contributed by atoms with van der Waals surface area (Å²) >= 11 is 0. The molecule has 4 heterocycles. The number of carbonyl (C=O) groups is 1. The predicted octanol–water partition coefficient (Wildman–Crippen LogP) is 2.55. The molecule has 0 saturated heterocycles. The first-order valence-electron chi connectivity index (χ1n) is 10.5. The predicted molar refractivity (Wildman–Crippen MR) is 122 cm³/mol. The van der Waals surface area contributed by atoms with Crippen molar-refractivity contribution in [3.63, 3.8) is 0 Å². The van der Waals surface area contributed by atoms with Crippen LogP contribution in [0.5, 0.6) is 0 Å². The van der Waals surface area contributed by atoms with Gasteiger partial charge in [0.15, 0.2) is 37.9 Å². The van der Waals surface area contributed by atoms with Gasteiger partial charge in [-0.05, 0) is 24.3 Å². The Morgan fingerprint density at radius 3 is 1.82 bits per heavy atom. The number of carbonyl (C=O) groups excluding carboxylic acids is 1. The van der Waals surface area contributed by atoms with Crippen LogP contribution in [0.1, 0.15) is 6.42 Å². The molecule has 0 atom stereocenters. The Kier molecular flexibility index (Phi) is 6.89. The van der Waals surface area contributed by atoms with E-state index in [1.165, 1.54) is 0 Å². The monoisotopic (exact) mass is 464 g/mol. The summed E-state index contributed by atoms with van der Waals surface area (Å²) in [6.07, 6.45) is 12.3. The van der Waals surface area contributed by atoms with Gasteiger partial charge in [-0.15, -0.1) is 0 Å². The Morgan fingerprint density at radius 1 is 0.818 bits per heavy atom. The Bertz CT molecular complexity index is 1270. The van der Waals surface area contributed by atoms with Crippen LogP contribution in [-0.2, 0) is 22.4 Å². The topological polar surface area (TPSA) is 100 Å². The molecule has 2 N–H and O–H groups in total. The second kappa shape index (κ2) is 10.0. The van der Waals surface area contributed by atoms with Crippen molar-refractivity contribution >= 4 is 13.9 Å². The van der Waals surface area contributed by atoms with Gasteiger partial charge in [-0.25, -0.2) is 9.13 Å². The minimum atomic E-state index is -4.04. The van der Waals surface area contributed by atoms with E-state index in [0.29, 0.717) is 13.0 Å². The maximum absolute atomic E-state index is 11.2. The summed E-state index contributed by atoms with van der Waals surface area (Å²) in [6, 6.07) is 16.0. The number of hydrogen-bond donors (Lipinski definition) is 2. The van der Waals surface area contributed by atoms with E-state index < -0.39 is 7.60 Å². The SMILES string of the molecule is O=CCC[n+]1ccc(-c2ccc(-c3cc[n+](CCP(=O)(O)O)cc3)n2-c2ccncc2)cc1. The zero-order valence-corrected chi connectivity index (χ0v) is 18.8. The normalized spacial score (nSPS) is 11.5. The summed E-state index contributed by atoms with van der Waals surface area (Å²) in [5.74, 6) is 0. The van der Waals surface area contributed by atoms with Crippen LogP contribution >= 0.6 is 7.60 Å². The van der Waals surface area contributed by atoms with Crippen LogP contribution in [0, 0.1) is 0 Å². The van der Waals surface area contributed by atoms with Crippen LogP contribution in [0.25, 0.3) is 28.2 Å². The van der Waals surface area contributed by atoms with Gasteiger partial charge in [-0.3, -0.25) is 9.55 Å². The summed E-state index contributed by atoms with van der Waals surface area (Å²) in [6.45, 7) is 0.891. The van der Waals surface area contributed by atoms with Gasteiger partial charge in [0.2, 0.25) is 0 Å². The van der Waals surface area contributed by atoms with Crippen LogP contribution in [0.4, 0.5) is 0 Å². The molecule has 0 aliphatic carbocycles. The molecule has 168 valence electrons. The highest BCUT2D eigenvalue weighted by Gasteiger charge is 2.18. The maximum atomic E-state index is 11.2. The Morgan fingerprint density at radius 2 is 1.33 bits per heavy atom. The van der Waals surface area contributed by atoms with E-state index in [0.717, 1.165) is 34.5 Å². The first kappa shape index (κ1) is 22.7. The van der Waals surface area contributed by atoms with Crippen molar-refractivity contribution in [1.82, 2.24) is 9.55 Å². The van der Waals surface area contributed by atoms with E-state index in [-0.39, 0.29) is 12.7 Å². The average Bonchev–Trinajstić information content (AvgIpc) is 3.27. The molecule has 0 aliphatic rings. The zero-order valence-electron chi connectivity index (χ0n) is 17.9. The molecule has 0 bridgehead atoms. The molecule has 0 radical (unpaired) electrons. The summed E-state index contributed by atoms with van der Waals surface area (Å²) in [5, 5.41) is 0. The van der Waals surface area contributed by atoms with Gasteiger partial charge in [0.1, 0.15) is 12.4 Å². The molecule has 4 rings (SSSR count). The molecular weight excluding hydrogens is 439 g/mol. The second-order valence-corrected chi connectivity index (χ2v) is 9.41. The van der Waals surface area contributed by atoms with E-state index >= 15 is 0 Å². The molecule has 8 nitrogen and oxygen atoms in total. The molecule has 0 spiro atoms. The lowest BCUT2D eigenvalue weighted by Gasteiger charge is -2.13. The molecule has 0 amide bonds. The van der Waals surface area contributed by atoms with Crippen LogP contribution in [-0.4, -0.2) is 31.8 Å². The van der Waals surface area contributed by atoms with E-state index in [9.17, 15) is 9.36 Å². The van der Waals surface area contributed by atoms with Gasteiger partial charge in [-0.2, -0.15) is 0 Å². The van der Waals surface area contributed by atoms with Crippen molar-refractivity contribution in [3.8, 4) is 28.2 Å². The molecule has 4 aromatic heterocycles. The third kappa shape index (κ3) is 5.68. The van der Waals surface area contributed by atoms with E-state index in [1.807, 2.05) is 65.8 Å². The fraction of sp³-hybridized carbons (Fsp3) is 0.167. The molecule has 0 aromatic carbocycles. The lowest BCUT2D eigenvalue weighted by Crippen LogP contribution is -2.34. The minimum Gasteiger partial charge on any atom is -0.324 e. The summed E-state index contributed by atoms with van der Waals surface area (Å²) < 4.78 is 17.1. The van der Waals surface area contributed by atoms with Crippen molar-refractivity contribution in [2.45, 2.75) is 19.5 Å². The van der Waals surface area contributed by atoms with Crippen molar-refractivity contribution in [1.29, 1.82) is 0 Å². The molecule has 9 heteroatoms. The molecule has 4 aromatic rings. The Hall–Kier alpha value is -3.45. The fourth-order valence-corrected chi connectivity index (χ4v) is 4.15. The number of nitrogens with zero attached hydrogens (tertiary/aromatic N) is 4. The first-order chi connectivity index (χ1) is 15.9. The third-order valence-corrected chi connectivity index (χ3v) is 6.11. The van der Waals surface area contributed by atoms with Crippen LogP contribution in [0.2, 0.25) is 0 Å². The van der Waals surface area contributed by atoms with Crippen molar-refractivity contribution in [3.05, 3.63) is 85.7 Å². The largest absolute Gasteiger partial charge is 0.331 e. The minimum absolute atomic E-state index is 0.199. The van der Waals surface area contributed by atoms with Gasteiger partial charge in [0, 0.05) is 53.5 Å². The standard InChI is InChI=1S/C24H23N4O4P/c29-18-1-12-26-13-6-20(7-14-26)23-2-3-24(28(23)22-4-10-25-11-5-22)21-8-15-27(16-9-21)17-19-33(30,31)32/h2-11,13-16,18H,1,12,17,19H2/p+2. The van der Waals surface area contributed by atoms with Crippen LogP contribution in [0.3, 0.4) is 0 Å². The van der Waals surface area contributed by atoms with E-state index in [4.69, 9.17) is 9.79 Å². The maximum Gasteiger partial charge on any atom is 0.331 e. The Balaban J connectivity index is 1.70. The lowest BCUT2D eigenvalue weighted by molar-refractivity contribution is -0.695. The highest BCUT2D eigenvalue weighted by atomic mass is 31.2. The molecule has 0 aliphatic heterocycles. The lowest BCUT2D eigenvalue weighted by atomic mass is 10.2. The summed E-state index contributed by atoms with van der Waals surface area (Å²) in [5.41, 5.74) is 4.97. The quantitative estimate of drug-likeness (QED) is 0.225. The highest BCUT2D eigenvalue weighted by Crippen LogP contribution is 2.34. The fourth-order valence-electron chi connectivity index (χ4n) is 3.66. The van der Waals surface area contributed by atoms with Gasteiger partial charge < -0.3 is 19.1 Å². The van der Waals surface area contributed by atoms with Gasteiger partial charge in [0.05, 0.1) is 17.8 Å². The highest BCUT2D eigenvalue weighted by molar-refractivity contribution is 7.51. The van der Waals surface area contributed by atoms with E-state index in [1.54, 1.807) is 17.0 Å². The number of aryl methyl sites for hydroxylation is 2. The number of rotatable bonds is 9. The van der Waals surface area contributed by atoms with E-state index in [2.05, 4.69) is 21.7 Å². The first-order valence-corrected chi connectivity index (χ1v) is 12.3. The van der Waals surface area contributed by atoms with Crippen molar-refractivity contribution in [2.75, 3.05) is 6.16 Å².